The van der Waals surface area contributed by atoms with Crippen molar-refractivity contribution in [3.8, 4) is 0 Å². The summed E-state index contributed by atoms with van der Waals surface area (Å²) in [5.74, 6) is 0.823. The SMILES string of the molecule is C.CC1C(=O)N(C)c2ccc(N3C(=O)c4ccccc4C3c3ccc(F)cc3)nc2N1C1CC1.O=C=O. The molecule has 0 spiro atoms. The first kappa shape index (κ1) is 25.7. The van der Waals surface area contributed by atoms with E-state index in [2.05, 4.69) is 4.90 Å². The van der Waals surface area contributed by atoms with Crippen LogP contribution in [0.25, 0.3) is 0 Å². The van der Waals surface area contributed by atoms with E-state index in [9.17, 15) is 14.0 Å². The number of anilines is 3. The Kier molecular flexibility index (Phi) is 6.92. The van der Waals surface area contributed by atoms with E-state index in [1.807, 2.05) is 37.3 Å². The van der Waals surface area contributed by atoms with Gasteiger partial charge in [0.15, 0.2) is 5.82 Å². The highest BCUT2D eigenvalue weighted by Gasteiger charge is 2.44. The molecule has 1 aliphatic carbocycles. The summed E-state index contributed by atoms with van der Waals surface area (Å²) >= 11 is 0. The van der Waals surface area contributed by atoms with Gasteiger partial charge in [-0.3, -0.25) is 14.5 Å². The number of likely N-dealkylation sites (N-methyl/N-ethyl adjacent to an activating group) is 1. The first-order valence-corrected chi connectivity index (χ1v) is 11.6. The number of carbonyl (C=O) groups is 2. The Labute approximate surface area is 214 Å². The molecule has 1 fully saturated rings. The lowest BCUT2D eigenvalue weighted by Gasteiger charge is -2.40. The Morgan fingerprint density at radius 3 is 2.27 bits per heavy atom. The number of rotatable bonds is 3. The fraction of sp³-hybridized carbons (Fsp3) is 0.286. The van der Waals surface area contributed by atoms with Crippen LogP contribution < -0.4 is 14.7 Å². The number of benzene rings is 2. The average molecular weight is 503 g/mol. The van der Waals surface area contributed by atoms with Crippen molar-refractivity contribution in [2.24, 2.45) is 0 Å². The zero-order valence-corrected chi connectivity index (χ0v) is 19.7. The third-order valence-electron chi connectivity index (χ3n) is 6.89. The number of amides is 2. The molecule has 0 saturated heterocycles. The van der Waals surface area contributed by atoms with Crippen molar-refractivity contribution in [2.75, 3.05) is 21.7 Å². The number of hydrogen-bond acceptors (Lipinski definition) is 6. The van der Waals surface area contributed by atoms with E-state index in [4.69, 9.17) is 14.6 Å². The lowest BCUT2D eigenvalue weighted by Crippen LogP contribution is -2.52. The second kappa shape index (κ2) is 9.95. The highest BCUT2D eigenvalue weighted by atomic mass is 19.1. The van der Waals surface area contributed by atoms with Crippen LogP contribution in [0.5, 0.6) is 0 Å². The molecule has 3 heterocycles. The molecule has 1 aromatic heterocycles. The first-order valence-electron chi connectivity index (χ1n) is 11.6. The van der Waals surface area contributed by atoms with Crippen LogP contribution in [0.1, 0.15) is 54.7 Å². The maximum atomic E-state index is 13.7. The number of fused-ring (bicyclic) bond motifs is 2. The highest BCUT2D eigenvalue weighted by molar-refractivity contribution is 6.12. The van der Waals surface area contributed by atoms with Gasteiger partial charge in [-0.15, -0.1) is 0 Å². The molecule has 0 radical (unpaired) electrons. The van der Waals surface area contributed by atoms with Gasteiger partial charge in [-0.05, 0) is 61.2 Å². The molecular formula is C28H27FN4O4. The number of aromatic nitrogens is 1. The molecule has 9 heteroatoms. The molecule has 6 rings (SSSR count). The molecule has 0 bridgehead atoms. The average Bonchev–Trinajstić information content (AvgIpc) is 3.67. The predicted molar refractivity (Wildman–Crippen MR) is 136 cm³/mol. The third kappa shape index (κ3) is 4.27. The second-order valence-electron chi connectivity index (χ2n) is 9.02. The van der Waals surface area contributed by atoms with Crippen LogP contribution in [0.15, 0.2) is 60.7 Å². The topological polar surface area (TPSA) is 90.9 Å². The summed E-state index contributed by atoms with van der Waals surface area (Å²) in [4.78, 5) is 53.0. The van der Waals surface area contributed by atoms with E-state index in [1.165, 1.54) is 12.1 Å². The van der Waals surface area contributed by atoms with Crippen molar-refractivity contribution >= 4 is 35.3 Å². The molecule has 2 aliphatic heterocycles. The van der Waals surface area contributed by atoms with E-state index in [0.717, 1.165) is 35.5 Å². The summed E-state index contributed by atoms with van der Waals surface area (Å²) in [5, 5.41) is 0. The van der Waals surface area contributed by atoms with Crippen molar-refractivity contribution in [3.05, 3.63) is 83.2 Å². The molecule has 1 saturated carbocycles. The number of pyridine rings is 1. The maximum absolute atomic E-state index is 13.7. The van der Waals surface area contributed by atoms with Gasteiger partial charge in [0, 0.05) is 18.7 Å². The Morgan fingerprint density at radius 2 is 1.62 bits per heavy atom. The van der Waals surface area contributed by atoms with Gasteiger partial charge in [0.2, 0.25) is 5.91 Å². The van der Waals surface area contributed by atoms with E-state index >= 15 is 0 Å². The smallest absolute Gasteiger partial charge is 0.340 e. The molecule has 190 valence electrons. The quantitative estimate of drug-likeness (QED) is 0.529. The predicted octanol–water partition coefficient (Wildman–Crippen LogP) is 4.36. The van der Waals surface area contributed by atoms with Gasteiger partial charge in [-0.2, -0.15) is 9.59 Å². The molecule has 2 atom stereocenters. The number of carbonyl (C=O) groups excluding carboxylic acids is 4. The minimum atomic E-state index is -0.408. The summed E-state index contributed by atoms with van der Waals surface area (Å²) in [5.41, 5.74) is 3.05. The van der Waals surface area contributed by atoms with Crippen molar-refractivity contribution in [1.82, 2.24) is 4.98 Å². The Hall–Kier alpha value is -4.36. The van der Waals surface area contributed by atoms with Gasteiger partial charge in [0.05, 0.1) is 11.7 Å². The molecule has 8 nitrogen and oxygen atoms in total. The van der Waals surface area contributed by atoms with Crippen molar-refractivity contribution < 1.29 is 23.6 Å². The molecule has 2 unspecified atom stereocenters. The van der Waals surface area contributed by atoms with E-state index < -0.39 is 6.04 Å². The van der Waals surface area contributed by atoms with E-state index in [0.29, 0.717) is 17.4 Å². The van der Waals surface area contributed by atoms with Crippen molar-refractivity contribution in [1.29, 1.82) is 0 Å². The van der Waals surface area contributed by atoms with Crippen molar-refractivity contribution in [2.45, 2.75) is 45.3 Å². The summed E-state index contributed by atoms with van der Waals surface area (Å²) < 4.78 is 13.7. The minimum Gasteiger partial charge on any atom is -0.340 e. The van der Waals surface area contributed by atoms with Gasteiger partial charge < -0.3 is 9.80 Å². The van der Waals surface area contributed by atoms with Gasteiger partial charge in [-0.25, -0.2) is 9.37 Å². The summed E-state index contributed by atoms with van der Waals surface area (Å²) in [6.45, 7) is 1.91. The molecule has 37 heavy (non-hydrogen) atoms. The molecule has 2 aromatic carbocycles. The first-order chi connectivity index (χ1) is 17.4. The summed E-state index contributed by atoms with van der Waals surface area (Å²) in [6.07, 6.45) is 2.30. The lowest BCUT2D eigenvalue weighted by molar-refractivity contribution is -0.191. The van der Waals surface area contributed by atoms with Crippen LogP contribution >= 0.6 is 0 Å². The van der Waals surface area contributed by atoms with E-state index in [-0.39, 0.29) is 37.3 Å². The highest BCUT2D eigenvalue weighted by Crippen LogP contribution is 2.45. The number of halogens is 1. The zero-order valence-electron chi connectivity index (χ0n) is 19.7. The fourth-order valence-corrected chi connectivity index (χ4v) is 5.09. The number of nitrogens with zero attached hydrogens (tertiary/aromatic N) is 4. The zero-order chi connectivity index (χ0) is 25.6. The van der Waals surface area contributed by atoms with Gasteiger partial charge in [0.1, 0.15) is 17.7 Å². The van der Waals surface area contributed by atoms with Crippen LogP contribution in [0.3, 0.4) is 0 Å². The summed E-state index contributed by atoms with van der Waals surface area (Å²) in [7, 11) is 1.77. The Morgan fingerprint density at radius 1 is 0.973 bits per heavy atom. The van der Waals surface area contributed by atoms with Crippen molar-refractivity contribution in [3.63, 3.8) is 0 Å². The van der Waals surface area contributed by atoms with Gasteiger partial charge in [-0.1, -0.05) is 37.8 Å². The second-order valence-corrected chi connectivity index (χ2v) is 9.02. The molecule has 2 amide bonds. The maximum Gasteiger partial charge on any atom is 0.373 e. The summed E-state index contributed by atoms with van der Waals surface area (Å²) in [6, 6.07) is 17.0. The standard InChI is InChI=1S/C26H23FN4O2.CO2.CH4/c1-15-25(32)29(2)21-13-14-22(28-24(21)30(15)18-11-12-18)31-23(16-7-9-17(27)10-8-16)19-5-3-4-6-20(19)26(31)33;2-1-3;/h3-10,13-15,18,23H,11-12H2,1-2H3;;1H4. The largest absolute Gasteiger partial charge is 0.373 e. The minimum absolute atomic E-state index is 0. The van der Waals surface area contributed by atoms with Crippen LogP contribution in [-0.4, -0.2) is 42.1 Å². The molecule has 3 aliphatic rings. The Balaban J connectivity index is 0.000000765. The molecule has 3 aromatic rings. The van der Waals surface area contributed by atoms with Gasteiger partial charge >= 0.3 is 6.15 Å². The molecular weight excluding hydrogens is 475 g/mol. The van der Waals surface area contributed by atoms with Crippen LogP contribution in [0.2, 0.25) is 0 Å². The normalized spacial score (nSPS) is 19.8. The number of hydrogen-bond donors (Lipinski definition) is 0. The van der Waals surface area contributed by atoms with Crippen LogP contribution in [-0.2, 0) is 14.4 Å². The third-order valence-corrected chi connectivity index (χ3v) is 6.89. The Bertz CT molecular complexity index is 1380. The molecule has 0 N–H and O–H groups in total. The monoisotopic (exact) mass is 502 g/mol. The van der Waals surface area contributed by atoms with Crippen LogP contribution in [0, 0.1) is 5.82 Å². The van der Waals surface area contributed by atoms with Gasteiger partial charge in [0.25, 0.3) is 5.91 Å². The van der Waals surface area contributed by atoms with E-state index in [1.54, 1.807) is 35.0 Å². The van der Waals surface area contributed by atoms with Crippen LogP contribution in [0.4, 0.5) is 21.7 Å². The fourth-order valence-electron chi connectivity index (χ4n) is 5.09. The lowest BCUT2D eigenvalue weighted by atomic mass is 9.98.